The number of hydrogen-bond acceptors (Lipinski definition) is 3. The highest BCUT2D eigenvalue weighted by Gasteiger charge is 2.43. The predicted octanol–water partition coefficient (Wildman–Crippen LogP) is 2.32. The predicted molar refractivity (Wildman–Crippen MR) is 73.8 cm³/mol. The third-order valence-corrected chi connectivity index (χ3v) is 3.94. The third kappa shape index (κ3) is 3.14. The van der Waals surface area contributed by atoms with Crippen LogP contribution in [-0.2, 0) is 16.1 Å². The summed E-state index contributed by atoms with van der Waals surface area (Å²) in [5.74, 6) is 0.0749. The lowest BCUT2D eigenvalue weighted by atomic mass is 9.66. The van der Waals surface area contributed by atoms with Gasteiger partial charge < -0.3 is 15.2 Å². The Morgan fingerprint density at radius 3 is 2.84 bits per heavy atom. The molecule has 1 aromatic carbocycles. The molecule has 0 saturated heterocycles. The maximum absolute atomic E-state index is 12.4. The third-order valence-electron chi connectivity index (χ3n) is 3.94. The number of anilines is 1. The Bertz CT molecular complexity index is 441. The number of aliphatic hydroxyl groups excluding tert-OH is 1. The van der Waals surface area contributed by atoms with E-state index in [4.69, 9.17) is 9.84 Å². The van der Waals surface area contributed by atoms with Crippen LogP contribution in [0.5, 0.6) is 0 Å². The number of nitrogens with one attached hydrogen (secondary N) is 1. The maximum Gasteiger partial charge on any atom is 0.230 e. The quantitative estimate of drug-likeness (QED) is 0.828. The van der Waals surface area contributed by atoms with Gasteiger partial charge in [0.1, 0.15) is 0 Å². The van der Waals surface area contributed by atoms with E-state index in [9.17, 15) is 4.79 Å². The van der Waals surface area contributed by atoms with Crippen molar-refractivity contribution in [3.8, 4) is 0 Å². The number of carbonyl (C=O) groups is 1. The van der Waals surface area contributed by atoms with Crippen LogP contribution in [0.1, 0.15) is 31.2 Å². The van der Waals surface area contributed by atoms with E-state index < -0.39 is 0 Å². The molecule has 19 heavy (non-hydrogen) atoms. The molecule has 0 aromatic heterocycles. The van der Waals surface area contributed by atoms with Crippen LogP contribution in [0.15, 0.2) is 24.3 Å². The number of amides is 1. The molecule has 104 valence electrons. The summed E-state index contributed by atoms with van der Waals surface area (Å²) >= 11 is 0. The molecule has 4 nitrogen and oxygen atoms in total. The van der Waals surface area contributed by atoms with Crippen molar-refractivity contribution in [3.05, 3.63) is 29.8 Å². The molecule has 4 heteroatoms. The van der Waals surface area contributed by atoms with Gasteiger partial charge in [-0.2, -0.15) is 0 Å². The molecular weight excluding hydrogens is 242 g/mol. The van der Waals surface area contributed by atoms with Crippen molar-refractivity contribution in [1.29, 1.82) is 0 Å². The minimum atomic E-state index is -0.259. The van der Waals surface area contributed by atoms with E-state index in [1.54, 1.807) is 13.2 Å². The van der Waals surface area contributed by atoms with Gasteiger partial charge >= 0.3 is 0 Å². The Morgan fingerprint density at radius 1 is 1.47 bits per heavy atom. The van der Waals surface area contributed by atoms with Gasteiger partial charge in [-0.15, -0.1) is 0 Å². The van der Waals surface area contributed by atoms with Crippen molar-refractivity contribution in [3.63, 3.8) is 0 Å². The molecule has 0 heterocycles. The van der Waals surface area contributed by atoms with E-state index in [1.165, 1.54) is 0 Å². The second-order valence-electron chi connectivity index (χ2n) is 5.19. The Kier molecular flexibility index (Phi) is 4.56. The second-order valence-corrected chi connectivity index (χ2v) is 5.19. The Balaban J connectivity index is 2.02. The summed E-state index contributed by atoms with van der Waals surface area (Å²) in [5, 5.41) is 12.1. The Hall–Kier alpha value is -1.39. The highest BCUT2D eigenvalue weighted by molar-refractivity contribution is 5.96. The highest BCUT2D eigenvalue weighted by Crippen LogP contribution is 2.44. The van der Waals surface area contributed by atoms with Crippen molar-refractivity contribution in [2.75, 3.05) is 19.0 Å². The zero-order chi connectivity index (χ0) is 13.7. The van der Waals surface area contributed by atoms with E-state index in [0.717, 1.165) is 36.9 Å². The molecule has 0 aliphatic heterocycles. The van der Waals surface area contributed by atoms with Gasteiger partial charge in [0.25, 0.3) is 0 Å². The number of rotatable bonds is 6. The molecule has 0 atom stereocenters. The van der Waals surface area contributed by atoms with Crippen LogP contribution in [0.3, 0.4) is 0 Å². The number of methoxy groups -OCH3 is 1. The van der Waals surface area contributed by atoms with Gasteiger partial charge in [0.15, 0.2) is 0 Å². The summed E-state index contributed by atoms with van der Waals surface area (Å²) in [6.45, 7) is 0.600. The summed E-state index contributed by atoms with van der Waals surface area (Å²) in [4.78, 5) is 12.4. The standard InChI is InChI=1S/C15H21NO3/c1-19-9-8-15(6-3-7-15)14(18)16-13-5-2-4-12(10-13)11-17/h2,4-5,10,17H,3,6-9,11H2,1H3,(H,16,18). The number of hydrogen-bond donors (Lipinski definition) is 2. The molecule has 0 radical (unpaired) electrons. The first kappa shape index (κ1) is 14.0. The minimum Gasteiger partial charge on any atom is -0.392 e. The van der Waals surface area contributed by atoms with E-state index in [-0.39, 0.29) is 17.9 Å². The summed E-state index contributed by atoms with van der Waals surface area (Å²) in [7, 11) is 1.66. The molecule has 1 aliphatic carbocycles. The highest BCUT2D eigenvalue weighted by atomic mass is 16.5. The lowest BCUT2D eigenvalue weighted by molar-refractivity contribution is -0.131. The summed E-state index contributed by atoms with van der Waals surface area (Å²) < 4.78 is 5.10. The molecule has 1 amide bonds. The topological polar surface area (TPSA) is 58.6 Å². The maximum atomic E-state index is 12.4. The number of carbonyl (C=O) groups excluding carboxylic acids is 1. The molecule has 0 spiro atoms. The van der Waals surface area contributed by atoms with E-state index in [2.05, 4.69) is 5.32 Å². The number of aliphatic hydroxyl groups is 1. The SMILES string of the molecule is COCCC1(C(=O)Nc2cccc(CO)c2)CCC1. The molecule has 1 aliphatic rings. The Morgan fingerprint density at radius 2 is 2.26 bits per heavy atom. The molecule has 2 rings (SSSR count). The van der Waals surface area contributed by atoms with Gasteiger partial charge in [-0.3, -0.25) is 4.79 Å². The summed E-state index contributed by atoms with van der Waals surface area (Å²) in [6, 6.07) is 7.32. The van der Waals surface area contributed by atoms with Crippen LogP contribution in [0.2, 0.25) is 0 Å². The molecular formula is C15H21NO3. The van der Waals surface area contributed by atoms with Crippen molar-refractivity contribution >= 4 is 11.6 Å². The van der Waals surface area contributed by atoms with Crippen LogP contribution < -0.4 is 5.32 Å². The average molecular weight is 263 g/mol. The van der Waals surface area contributed by atoms with Gasteiger partial charge in [0.2, 0.25) is 5.91 Å². The summed E-state index contributed by atoms with van der Waals surface area (Å²) in [6.07, 6.45) is 3.74. The second kappa shape index (κ2) is 6.17. The monoisotopic (exact) mass is 263 g/mol. The van der Waals surface area contributed by atoms with Crippen LogP contribution in [0.25, 0.3) is 0 Å². The van der Waals surface area contributed by atoms with Crippen LogP contribution >= 0.6 is 0 Å². The van der Waals surface area contributed by atoms with Crippen LogP contribution in [0.4, 0.5) is 5.69 Å². The first-order valence-corrected chi connectivity index (χ1v) is 6.70. The minimum absolute atomic E-state index is 0.0153. The largest absolute Gasteiger partial charge is 0.392 e. The smallest absolute Gasteiger partial charge is 0.230 e. The van der Waals surface area contributed by atoms with Gasteiger partial charge in [-0.25, -0.2) is 0 Å². The number of ether oxygens (including phenoxy) is 1. The zero-order valence-electron chi connectivity index (χ0n) is 11.3. The average Bonchev–Trinajstić information content (AvgIpc) is 2.38. The molecule has 2 N–H and O–H groups in total. The van der Waals surface area contributed by atoms with Gasteiger partial charge in [-0.05, 0) is 37.0 Å². The van der Waals surface area contributed by atoms with Crippen LogP contribution in [0, 0.1) is 5.41 Å². The molecule has 1 saturated carbocycles. The Labute approximate surface area is 113 Å². The zero-order valence-corrected chi connectivity index (χ0v) is 11.3. The fourth-order valence-corrected chi connectivity index (χ4v) is 2.50. The van der Waals surface area contributed by atoms with E-state index >= 15 is 0 Å². The van der Waals surface area contributed by atoms with Crippen LogP contribution in [-0.4, -0.2) is 24.7 Å². The van der Waals surface area contributed by atoms with Crippen molar-refractivity contribution in [2.24, 2.45) is 5.41 Å². The fourth-order valence-electron chi connectivity index (χ4n) is 2.50. The molecule has 0 unspecified atom stereocenters. The number of benzene rings is 1. The molecule has 1 aromatic rings. The summed E-state index contributed by atoms with van der Waals surface area (Å²) in [5.41, 5.74) is 1.29. The lowest BCUT2D eigenvalue weighted by Gasteiger charge is -2.40. The molecule has 1 fully saturated rings. The van der Waals surface area contributed by atoms with Gasteiger partial charge in [-0.1, -0.05) is 18.6 Å². The van der Waals surface area contributed by atoms with E-state index in [1.807, 2.05) is 18.2 Å². The normalized spacial score (nSPS) is 16.7. The van der Waals surface area contributed by atoms with E-state index in [0.29, 0.717) is 6.61 Å². The first-order valence-electron chi connectivity index (χ1n) is 6.70. The van der Waals surface area contributed by atoms with Crippen molar-refractivity contribution in [2.45, 2.75) is 32.3 Å². The first-order chi connectivity index (χ1) is 9.20. The van der Waals surface area contributed by atoms with Gasteiger partial charge in [0.05, 0.1) is 12.0 Å². The van der Waals surface area contributed by atoms with Crippen molar-refractivity contribution < 1.29 is 14.6 Å². The van der Waals surface area contributed by atoms with Crippen molar-refractivity contribution in [1.82, 2.24) is 0 Å². The van der Waals surface area contributed by atoms with Gasteiger partial charge in [0, 0.05) is 19.4 Å². The fraction of sp³-hybridized carbons (Fsp3) is 0.533. The lowest BCUT2D eigenvalue weighted by Crippen LogP contribution is -2.42. The molecule has 0 bridgehead atoms.